The smallest absolute Gasteiger partial charge is 0.0813 e. The van der Waals surface area contributed by atoms with Crippen molar-refractivity contribution in [2.45, 2.75) is 13.1 Å². The molecule has 2 rings (SSSR count). The Labute approximate surface area is 99.5 Å². The van der Waals surface area contributed by atoms with Gasteiger partial charge in [-0.25, -0.2) is 0 Å². The van der Waals surface area contributed by atoms with Crippen molar-refractivity contribution in [2.75, 3.05) is 11.4 Å². The maximum absolute atomic E-state index is 6.14. The van der Waals surface area contributed by atoms with Gasteiger partial charge in [0, 0.05) is 17.8 Å². The molecule has 0 aliphatic carbocycles. The molecule has 0 bridgehead atoms. The number of nitrogens with one attached hydrogen (secondary N) is 1. The van der Waals surface area contributed by atoms with Crippen molar-refractivity contribution in [1.82, 2.24) is 5.32 Å². The number of anilines is 1. The largest absolute Gasteiger partial charge is 0.331 e. The number of hydrogen-bond donors (Lipinski definition) is 1. The van der Waals surface area contributed by atoms with E-state index in [-0.39, 0.29) is 6.17 Å². The molecular weight excluding hydrogens is 231 g/mol. The lowest BCUT2D eigenvalue weighted by Crippen LogP contribution is -2.43. The van der Waals surface area contributed by atoms with Gasteiger partial charge in [-0.05, 0) is 25.1 Å². The van der Waals surface area contributed by atoms with E-state index in [1.807, 2.05) is 18.3 Å². The summed E-state index contributed by atoms with van der Waals surface area (Å²) in [7, 11) is 0. The van der Waals surface area contributed by atoms with E-state index in [9.17, 15) is 0 Å². The number of rotatable bonds is 1. The minimum Gasteiger partial charge on any atom is -0.331 e. The van der Waals surface area contributed by atoms with Crippen LogP contribution >= 0.6 is 23.2 Å². The van der Waals surface area contributed by atoms with Gasteiger partial charge in [0.2, 0.25) is 0 Å². The summed E-state index contributed by atoms with van der Waals surface area (Å²) in [4.78, 5) is 2.09. The van der Waals surface area contributed by atoms with Crippen LogP contribution in [0.15, 0.2) is 30.5 Å². The second-order valence-corrected chi connectivity index (χ2v) is 4.32. The quantitative estimate of drug-likeness (QED) is 0.814. The summed E-state index contributed by atoms with van der Waals surface area (Å²) in [5.74, 6) is 0. The normalized spacial score (nSPS) is 20.7. The Morgan fingerprint density at radius 2 is 2.20 bits per heavy atom. The summed E-state index contributed by atoms with van der Waals surface area (Å²) in [6, 6.07) is 5.53. The highest BCUT2D eigenvalue weighted by Gasteiger charge is 2.16. The predicted molar refractivity (Wildman–Crippen MR) is 65.5 cm³/mol. The number of hydrogen-bond acceptors (Lipinski definition) is 2. The third-order valence-electron chi connectivity index (χ3n) is 2.40. The van der Waals surface area contributed by atoms with Crippen LogP contribution in [-0.4, -0.2) is 12.7 Å². The molecule has 1 heterocycles. The number of nitrogens with zero attached hydrogens (tertiary/aromatic N) is 1. The Morgan fingerprint density at radius 3 is 2.87 bits per heavy atom. The van der Waals surface area contributed by atoms with E-state index < -0.39 is 0 Å². The SMILES string of the molecule is CC1NCC=CN1c1ccc(Cl)cc1Cl. The molecule has 0 saturated carbocycles. The molecular formula is C11H12Cl2N2. The van der Waals surface area contributed by atoms with Gasteiger partial charge in [0.1, 0.15) is 0 Å². The average molecular weight is 243 g/mol. The zero-order chi connectivity index (χ0) is 10.8. The summed E-state index contributed by atoms with van der Waals surface area (Å²) in [5, 5.41) is 4.65. The van der Waals surface area contributed by atoms with Gasteiger partial charge in [0.25, 0.3) is 0 Å². The maximum atomic E-state index is 6.14. The molecule has 0 aromatic heterocycles. The Kier molecular flexibility index (Phi) is 3.19. The van der Waals surface area contributed by atoms with Gasteiger partial charge < -0.3 is 4.90 Å². The minimum absolute atomic E-state index is 0.244. The Morgan fingerprint density at radius 1 is 1.40 bits per heavy atom. The Bertz CT molecular complexity index is 390. The zero-order valence-electron chi connectivity index (χ0n) is 8.37. The fourth-order valence-corrected chi connectivity index (χ4v) is 2.12. The van der Waals surface area contributed by atoms with Gasteiger partial charge in [-0.1, -0.05) is 29.3 Å². The van der Waals surface area contributed by atoms with Crippen LogP contribution in [0.3, 0.4) is 0 Å². The van der Waals surface area contributed by atoms with Gasteiger partial charge in [0.05, 0.1) is 16.9 Å². The van der Waals surface area contributed by atoms with Crippen LogP contribution in [0.1, 0.15) is 6.92 Å². The van der Waals surface area contributed by atoms with Crippen LogP contribution in [0, 0.1) is 0 Å². The molecule has 15 heavy (non-hydrogen) atoms. The topological polar surface area (TPSA) is 15.3 Å². The lowest BCUT2D eigenvalue weighted by Gasteiger charge is -2.32. The summed E-state index contributed by atoms with van der Waals surface area (Å²) in [6.45, 7) is 2.98. The molecule has 1 aromatic rings. The zero-order valence-corrected chi connectivity index (χ0v) is 9.89. The van der Waals surface area contributed by atoms with E-state index >= 15 is 0 Å². The third kappa shape index (κ3) is 2.28. The summed E-state index contributed by atoms with van der Waals surface area (Å²) >= 11 is 12.0. The van der Waals surface area contributed by atoms with Crippen molar-refractivity contribution in [3.05, 3.63) is 40.5 Å². The van der Waals surface area contributed by atoms with Crippen molar-refractivity contribution in [3.8, 4) is 0 Å². The molecule has 4 heteroatoms. The van der Waals surface area contributed by atoms with Crippen LogP contribution in [0.5, 0.6) is 0 Å². The second kappa shape index (κ2) is 4.44. The lowest BCUT2D eigenvalue weighted by molar-refractivity contribution is 0.567. The molecule has 0 radical (unpaired) electrons. The first-order valence-corrected chi connectivity index (χ1v) is 5.57. The average Bonchev–Trinajstić information content (AvgIpc) is 2.20. The molecule has 0 saturated heterocycles. The fourth-order valence-electron chi connectivity index (χ4n) is 1.61. The second-order valence-electron chi connectivity index (χ2n) is 3.47. The number of halogens is 2. The molecule has 2 nitrogen and oxygen atoms in total. The molecule has 1 aliphatic rings. The van der Waals surface area contributed by atoms with Crippen LogP contribution in [0.4, 0.5) is 5.69 Å². The first-order valence-electron chi connectivity index (χ1n) is 4.82. The van der Waals surface area contributed by atoms with Crippen molar-refractivity contribution in [3.63, 3.8) is 0 Å². The van der Waals surface area contributed by atoms with E-state index in [0.29, 0.717) is 10.0 Å². The first kappa shape index (κ1) is 10.8. The standard InChI is InChI=1S/C11H12Cl2N2/c1-8-14-5-2-6-15(8)11-4-3-9(12)7-10(11)13/h2-4,6-8,14H,5H2,1H3. The molecule has 1 N–H and O–H groups in total. The van der Waals surface area contributed by atoms with Crippen molar-refractivity contribution < 1.29 is 0 Å². The van der Waals surface area contributed by atoms with Crippen LogP contribution < -0.4 is 10.2 Å². The molecule has 0 fully saturated rings. The monoisotopic (exact) mass is 242 g/mol. The molecule has 1 atom stereocenters. The van der Waals surface area contributed by atoms with Gasteiger partial charge in [-0.2, -0.15) is 0 Å². The minimum atomic E-state index is 0.244. The van der Waals surface area contributed by atoms with Gasteiger partial charge in [0.15, 0.2) is 0 Å². The molecule has 0 amide bonds. The van der Waals surface area contributed by atoms with E-state index in [1.54, 1.807) is 6.07 Å². The van der Waals surface area contributed by atoms with E-state index in [1.165, 1.54) is 0 Å². The highest BCUT2D eigenvalue weighted by molar-refractivity contribution is 6.36. The predicted octanol–water partition coefficient (Wildman–Crippen LogP) is 3.26. The van der Waals surface area contributed by atoms with E-state index in [2.05, 4.69) is 23.2 Å². The molecule has 0 spiro atoms. The van der Waals surface area contributed by atoms with Crippen molar-refractivity contribution in [1.29, 1.82) is 0 Å². The van der Waals surface area contributed by atoms with Crippen LogP contribution in [-0.2, 0) is 0 Å². The summed E-state index contributed by atoms with van der Waals surface area (Å²) in [5.41, 5.74) is 0.969. The van der Waals surface area contributed by atoms with E-state index in [0.717, 1.165) is 12.2 Å². The number of benzene rings is 1. The highest BCUT2D eigenvalue weighted by atomic mass is 35.5. The van der Waals surface area contributed by atoms with Crippen molar-refractivity contribution >= 4 is 28.9 Å². The van der Waals surface area contributed by atoms with Crippen molar-refractivity contribution in [2.24, 2.45) is 0 Å². The lowest BCUT2D eigenvalue weighted by atomic mass is 10.2. The van der Waals surface area contributed by atoms with Crippen LogP contribution in [0.25, 0.3) is 0 Å². The van der Waals surface area contributed by atoms with E-state index in [4.69, 9.17) is 23.2 Å². The van der Waals surface area contributed by atoms with Gasteiger partial charge in [-0.3, -0.25) is 5.32 Å². The Balaban J connectivity index is 2.36. The fraction of sp³-hybridized carbons (Fsp3) is 0.273. The summed E-state index contributed by atoms with van der Waals surface area (Å²) in [6.07, 6.45) is 4.34. The molecule has 1 aliphatic heterocycles. The highest BCUT2D eigenvalue weighted by Crippen LogP contribution is 2.30. The van der Waals surface area contributed by atoms with Gasteiger partial charge >= 0.3 is 0 Å². The molecule has 80 valence electrons. The van der Waals surface area contributed by atoms with Crippen LogP contribution in [0.2, 0.25) is 10.0 Å². The third-order valence-corrected chi connectivity index (χ3v) is 2.94. The first-order chi connectivity index (χ1) is 7.18. The molecule has 1 unspecified atom stereocenters. The Hall–Kier alpha value is -0.700. The summed E-state index contributed by atoms with van der Waals surface area (Å²) < 4.78 is 0. The molecule has 1 aromatic carbocycles. The van der Waals surface area contributed by atoms with Gasteiger partial charge in [-0.15, -0.1) is 0 Å². The maximum Gasteiger partial charge on any atom is 0.0813 e.